The number of ether oxygens (including phenoxy) is 1. The number of aromatic nitrogens is 4. The maximum Gasteiger partial charge on any atom is 0.229 e. The van der Waals surface area contributed by atoms with Gasteiger partial charge in [-0.25, -0.2) is 4.98 Å². The van der Waals surface area contributed by atoms with Crippen molar-refractivity contribution in [3.63, 3.8) is 0 Å². The number of nitrogens with one attached hydrogen (secondary N) is 1. The van der Waals surface area contributed by atoms with E-state index in [-0.39, 0.29) is 18.7 Å². The van der Waals surface area contributed by atoms with Gasteiger partial charge in [-0.2, -0.15) is 9.97 Å². The molecule has 2 saturated heterocycles. The summed E-state index contributed by atoms with van der Waals surface area (Å²) in [5, 5.41) is 13.3. The van der Waals surface area contributed by atoms with Crippen LogP contribution in [0.1, 0.15) is 32.7 Å². The average molecular weight is 438 g/mol. The molecule has 2 aliphatic rings. The van der Waals surface area contributed by atoms with Gasteiger partial charge in [0.25, 0.3) is 0 Å². The largest absolute Gasteiger partial charge is 0.394 e. The Morgan fingerprint density at radius 3 is 2.62 bits per heavy atom. The fourth-order valence-corrected chi connectivity index (χ4v) is 4.50. The minimum absolute atomic E-state index is 0.0588. The Hall–Kier alpha value is -2.91. The normalized spacial score (nSPS) is 19.3. The number of benzene rings is 1. The second-order valence-corrected chi connectivity index (χ2v) is 8.73. The second kappa shape index (κ2) is 8.91. The van der Waals surface area contributed by atoms with Crippen LogP contribution in [0.4, 0.5) is 23.1 Å². The number of anilines is 4. The Bertz CT molecular complexity index is 1060. The van der Waals surface area contributed by atoms with Crippen LogP contribution in [0.5, 0.6) is 0 Å². The highest BCUT2D eigenvalue weighted by Crippen LogP contribution is 2.30. The quantitative estimate of drug-likeness (QED) is 0.608. The highest BCUT2D eigenvalue weighted by atomic mass is 16.5. The maximum absolute atomic E-state index is 9.81. The van der Waals surface area contributed by atoms with Gasteiger partial charge in [-0.3, -0.25) is 0 Å². The topological polar surface area (TPSA) is 91.6 Å². The van der Waals surface area contributed by atoms with Crippen molar-refractivity contribution in [1.82, 2.24) is 19.5 Å². The number of morpholine rings is 1. The molecule has 1 atom stereocenters. The highest BCUT2D eigenvalue weighted by Gasteiger charge is 2.28. The third kappa shape index (κ3) is 3.98. The Morgan fingerprint density at radius 1 is 1.12 bits per heavy atom. The summed E-state index contributed by atoms with van der Waals surface area (Å²) in [4.78, 5) is 18.8. The van der Waals surface area contributed by atoms with Crippen LogP contribution in [0.3, 0.4) is 0 Å². The molecule has 9 nitrogen and oxygen atoms in total. The van der Waals surface area contributed by atoms with E-state index in [1.165, 1.54) is 5.69 Å². The van der Waals surface area contributed by atoms with Crippen LogP contribution >= 0.6 is 0 Å². The first kappa shape index (κ1) is 21.0. The first-order chi connectivity index (χ1) is 15.6. The lowest BCUT2D eigenvalue weighted by Crippen LogP contribution is -2.36. The first-order valence-corrected chi connectivity index (χ1v) is 11.5. The van der Waals surface area contributed by atoms with E-state index in [9.17, 15) is 5.11 Å². The third-order valence-electron chi connectivity index (χ3n) is 6.32. The molecule has 5 rings (SSSR count). The summed E-state index contributed by atoms with van der Waals surface area (Å²) in [6.07, 6.45) is 3.81. The Kier molecular flexibility index (Phi) is 5.84. The van der Waals surface area contributed by atoms with E-state index in [0.717, 1.165) is 62.5 Å². The number of hydrogen-bond donors (Lipinski definition) is 2. The van der Waals surface area contributed by atoms with Crippen molar-refractivity contribution in [2.24, 2.45) is 0 Å². The summed E-state index contributed by atoms with van der Waals surface area (Å²) >= 11 is 0. The molecule has 1 unspecified atom stereocenters. The van der Waals surface area contributed by atoms with Crippen LogP contribution < -0.4 is 15.1 Å². The van der Waals surface area contributed by atoms with Crippen molar-refractivity contribution in [3.8, 4) is 0 Å². The first-order valence-electron chi connectivity index (χ1n) is 11.5. The molecule has 0 aliphatic carbocycles. The van der Waals surface area contributed by atoms with Crippen molar-refractivity contribution < 1.29 is 9.84 Å². The number of imidazole rings is 1. The molecule has 2 N–H and O–H groups in total. The molecule has 2 aliphatic heterocycles. The van der Waals surface area contributed by atoms with Gasteiger partial charge in [-0.15, -0.1) is 0 Å². The Balaban J connectivity index is 1.48. The number of rotatable bonds is 6. The fraction of sp³-hybridized carbons (Fsp3) is 0.522. The monoisotopic (exact) mass is 437 g/mol. The number of aliphatic hydroxyl groups excluding tert-OH is 1. The van der Waals surface area contributed by atoms with Gasteiger partial charge in [-0.1, -0.05) is 0 Å². The molecule has 170 valence electrons. The minimum Gasteiger partial charge on any atom is -0.394 e. The van der Waals surface area contributed by atoms with Gasteiger partial charge < -0.3 is 29.5 Å². The van der Waals surface area contributed by atoms with Crippen LogP contribution in [0.15, 0.2) is 30.6 Å². The Morgan fingerprint density at radius 2 is 1.91 bits per heavy atom. The standard InChI is InChI=1S/C23H31N7O2/c1-16(2)30-15-24-20-21(26-23(27-22(20)30)29-9-3-4-19(29)14-31)25-17-5-7-18(8-6-17)28-10-12-32-13-11-28/h5-8,15-16,19,31H,3-4,9-14H2,1-2H3,(H,25,26,27). The van der Waals surface area contributed by atoms with Gasteiger partial charge in [0.05, 0.1) is 32.2 Å². The van der Waals surface area contributed by atoms with Crippen molar-refractivity contribution in [1.29, 1.82) is 0 Å². The van der Waals surface area contributed by atoms with Crippen LogP contribution in [-0.2, 0) is 4.74 Å². The van der Waals surface area contributed by atoms with E-state index >= 15 is 0 Å². The lowest BCUT2D eigenvalue weighted by atomic mass is 10.2. The molecule has 2 aromatic heterocycles. The molecule has 1 aromatic carbocycles. The lowest BCUT2D eigenvalue weighted by Gasteiger charge is -2.29. The van der Waals surface area contributed by atoms with E-state index in [1.807, 2.05) is 6.33 Å². The number of aliphatic hydroxyl groups is 1. The van der Waals surface area contributed by atoms with Crippen LogP contribution in [-0.4, -0.2) is 70.1 Å². The van der Waals surface area contributed by atoms with Crippen LogP contribution in [0.2, 0.25) is 0 Å². The number of fused-ring (bicyclic) bond motifs is 1. The van der Waals surface area contributed by atoms with E-state index in [4.69, 9.17) is 14.7 Å². The van der Waals surface area contributed by atoms with Gasteiger partial charge in [-0.05, 0) is 51.0 Å². The van der Waals surface area contributed by atoms with E-state index in [1.54, 1.807) is 0 Å². The molecule has 0 amide bonds. The predicted molar refractivity (Wildman–Crippen MR) is 126 cm³/mol. The van der Waals surface area contributed by atoms with Crippen molar-refractivity contribution in [3.05, 3.63) is 30.6 Å². The fourth-order valence-electron chi connectivity index (χ4n) is 4.50. The van der Waals surface area contributed by atoms with E-state index in [2.05, 4.69) is 62.8 Å². The van der Waals surface area contributed by atoms with Gasteiger partial charge >= 0.3 is 0 Å². The number of nitrogens with zero attached hydrogens (tertiary/aromatic N) is 6. The number of hydrogen-bond acceptors (Lipinski definition) is 8. The smallest absolute Gasteiger partial charge is 0.229 e. The van der Waals surface area contributed by atoms with Gasteiger partial charge in [0, 0.05) is 37.1 Å². The minimum atomic E-state index is 0.0588. The van der Waals surface area contributed by atoms with E-state index in [0.29, 0.717) is 11.8 Å². The summed E-state index contributed by atoms with van der Waals surface area (Å²) in [7, 11) is 0. The lowest BCUT2D eigenvalue weighted by molar-refractivity contribution is 0.122. The van der Waals surface area contributed by atoms with Crippen molar-refractivity contribution in [2.45, 2.75) is 38.8 Å². The molecule has 0 radical (unpaired) electrons. The molecule has 0 spiro atoms. The van der Waals surface area contributed by atoms with Gasteiger partial charge in [0.2, 0.25) is 5.95 Å². The molecule has 9 heteroatoms. The average Bonchev–Trinajstić information content (AvgIpc) is 3.47. The molecular formula is C23H31N7O2. The van der Waals surface area contributed by atoms with Crippen molar-refractivity contribution in [2.75, 3.05) is 54.6 Å². The van der Waals surface area contributed by atoms with Crippen LogP contribution in [0, 0.1) is 0 Å². The van der Waals surface area contributed by atoms with E-state index < -0.39 is 0 Å². The summed E-state index contributed by atoms with van der Waals surface area (Å²) in [6.45, 7) is 8.56. The molecule has 0 bridgehead atoms. The third-order valence-corrected chi connectivity index (χ3v) is 6.32. The SMILES string of the molecule is CC(C)n1cnc2c(Nc3ccc(N4CCOCC4)cc3)nc(N3CCCC3CO)nc21. The zero-order valence-electron chi connectivity index (χ0n) is 18.7. The zero-order chi connectivity index (χ0) is 22.1. The maximum atomic E-state index is 9.81. The van der Waals surface area contributed by atoms with Crippen LogP contribution in [0.25, 0.3) is 11.2 Å². The van der Waals surface area contributed by atoms with Crippen molar-refractivity contribution >= 4 is 34.3 Å². The summed E-state index contributed by atoms with van der Waals surface area (Å²) in [5.74, 6) is 1.33. The summed E-state index contributed by atoms with van der Waals surface area (Å²) < 4.78 is 7.52. The van der Waals surface area contributed by atoms with Gasteiger partial charge in [0.1, 0.15) is 0 Å². The zero-order valence-corrected chi connectivity index (χ0v) is 18.7. The molecule has 4 heterocycles. The Labute approximate surface area is 188 Å². The second-order valence-electron chi connectivity index (χ2n) is 8.73. The van der Waals surface area contributed by atoms with Gasteiger partial charge in [0.15, 0.2) is 17.0 Å². The molecular weight excluding hydrogens is 406 g/mol. The molecule has 32 heavy (non-hydrogen) atoms. The molecule has 0 saturated carbocycles. The summed E-state index contributed by atoms with van der Waals surface area (Å²) in [5.41, 5.74) is 3.70. The summed E-state index contributed by atoms with van der Waals surface area (Å²) in [6, 6.07) is 8.69. The molecule has 3 aromatic rings. The highest BCUT2D eigenvalue weighted by molar-refractivity contribution is 5.87. The predicted octanol–water partition coefficient (Wildman–Crippen LogP) is 2.95. The molecule has 2 fully saturated rings.